The van der Waals surface area contributed by atoms with Crippen LogP contribution in [-0.4, -0.2) is 21.9 Å². The van der Waals surface area contributed by atoms with Gasteiger partial charge in [0.25, 0.3) is 5.56 Å². The smallest absolute Gasteiger partial charge is 0.284 e. The Labute approximate surface area is 142 Å². The fourth-order valence-electron chi connectivity index (χ4n) is 2.82. The number of ether oxygens (including phenoxy) is 1. The molecule has 0 atom stereocenters. The molecule has 0 aliphatic heterocycles. The van der Waals surface area contributed by atoms with Crippen molar-refractivity contribution in [2.75, 3.05) is 7.11 Å². The van der Waals surface area contributed by atoms with E-state index in [2.05, 4.69) is 10.1 Å². The van der Waals surface area contributed by atoms with Gasteiger partial charge in [0.05, 0.1) is 18.5 Å². The van der Waals surface area contributed by atoms with Gasteiger partial charge in [-0.3, -0.25) is 14.7 Å². The first kappa shape index (κ1) is 15.0. The third kappa shape index (κ3) is 2.53. The molecule has 0 aliphatic rings. The molecule has 6 heteroatoms. The number of hydrogen-bond donors (Lipinski definition) is 2. The standard InChI is InChI=1S/C19H15N3O3/c1-25-14-9-7-12(8-10-14)15-11-16(23)17-18(20-15)21-22(19(17)24)13-5-3-2-4-6-13/h2-11H,1H3,(H2,20,21,23). The summed E-state index contributed by atoms with van der Waals surface area (Å²) in [6.45, 7) is 0. The predicted molar refractivity (Wildman–Crippen MR) is 96.5 cm³/mol. The number of para-hydroxylation sites is 1. The summed E-state index contributed by atoms with van der Waals surface area (Å²) in [7, 11) is 1.60. The van der Waals surface area contributed by atoms with E-state index in [1.54, 1.807) is 19.2 Å². The van der Waals surface area contributed by atoms with Crippen molar-refractivity contribution in [2.24, 2.45) is 0 Å². The van der Waals surface area contributed by atoms with Crippen LogP contribution in [0.4, 0.5) is 0 Å². The monoisotopic (exact) mass is 333 g/mol. The summed E-state index contributed by atoms with van der Waals surface area (Å²) in [5.41, 5.74) is 1.82. The molecule has 0 amide bonds. The Morgan fingerprint density at radius 1 is 0.960 bits per heavy atom. The summed E-state index contributed by atoms with van der Waals surface area (Å²) in [4.78, 5) is 28.2. The van der Waals surface area contributed by atoms with E-state index < -0.39 is 0 Å². The van der Waals surface area contributed by atoms with Gasteiger partial charge in [0.1, 0.15) is 16.8 Å². The second-order valence-electron chi connectivity index (χ2n) is 5.61. The molecule has 2 aromatic heterocycles. The van der Waals surface area contributed by atoms with E-state index in [9.17, 15) is 9.59 Å². The lowest BCUT2D eigenvalue weighted by atomic mass is 10.1. The molecule has 6 nitrogen and oxygen atoms in total. The summed E-state index contributed by atoms with van der Waals surface area (Å²) < 4.78 is 6.51. The minimum Gasteiger partial charge on any atom is -0.497 e. The zero-order chi connectivity index (χ0) is 17.4. The van der Waals surface area contributed by atoms with Gasteiger partial charge in [-0.1, -0.05) is 18.2 Å². The van der Waals surface area contributed by atoms with Crippen LogP contribution in [-0.2, 0) is 0 Å². The molecule has 2 aromatic carbocycles. The molecule has 2 heterocycles. The van der Waals surface area contributed by atoms with Crippen molar-refractivity contribution < 1.29 is 4.74 Å². The first-order chi connectivity index (χ1) is 12.2. The summed E-state index contributed by atoms with van der Waals surface area (Å²) in [5.74, 6) is 0.732. The molecule has 0 radical (unpaired) electrons. The quantitative estimate of drug-likeness (QED) is 0.605. The largest absolute Gasteiger partial charge is 0.497 e. The first-order valence-corrected chi connectivity index (χ1v) is 7.75. The van der Waals surface area contributed by atoms with Crippen molar-refractivity contribution in [3.8, 4) is 22.7 Å². The SMILES string of the molecule is COc1ccc(-c2cc(=O)c3c(=O)n(-c4ccccc4)[nH]c3[nH]2)cc1. The highest BCUT2D eigenvalue weighted by molar-refractivity contribution is 5.78. The summed E-state index contributed by atoms with van der Waals surface area (Å²) in [5, 5.41) is 3.09. The zero-order valence-electron chi connectivity index (χ0n) is 13.4. The molecule has 4 aromatic rings. The van der Waals surface area contributed by atoms with Gasteiger partial charge >= 0.3 is 0 Å². The Balaban J connectivity index is 1.90. The van der Waals surface area contributed by atoms with Crippen molar-refractivity contribution in [3.63, 3.8) is 0 Å². The first-order valence-electron chi connectivity index (χ1n) is 7.75. The fraction of sp³-hybridized carbons (Fsp3) is 0.0526. The number of pyridine rings is 1. The number of rotatable bonds is 3. The Morgan fingerprint density at radius 2 is 1.68 bits per heavy atom. The average molecular weight is 333 g/mol. The van der Waals surface area contributed by atoms with Gasteiger partial charge in [-0.25, -0.2) is 4.68 Å². The van der Waals surface area contributed by atoms with Crippen molar-refractivity contribution in [3.05, 3.63) is 81.2 Å². The molecule has 0 spiro atoms. The van der Waals surface area contributed by atoms with E-state index in [1.807, 2.05) is 42.5 Å². The van der Waals surface area contributed by atoms with Gasteiger partial charge < -0.3 is 9.72 Å². The third-order valence-corrected chi connectivity index (χ3v) is 4.09. The molecule has 0 fully saturated rings. The minimum atomic E-state index is -0.372. The van der Waals surface area contributed by atoms with E-state index >= 15 is 0 Å². The molecule has 0 saturated carbocycles. The molecule has 0 saturated heterocycles. The van der Waals surface area contributed by atoms with Crippen LogP contribution < -0.4 is 15.7 Å². The summed E-state index contributed by atoms with van der Waals surface area (Å²) in [6.07, 6.45) is 0. The van der Waals surface area contributed by atoms with Gasteiger partial charge in [-0.05, 0) is 42.0 Å². The van der Waals surface area contributed by atoms with Crippen LogP contribution in [0, 0.1) is 0 Å². The number of aromatic nitrogens is 3. The molecule has 0 unspecified atom stereocenters. The second-order valence-corrected chi connectivity index (χ2v) is 5.61. The van der Waals surface area contributed by atoms with Crippen molar-refractivity contribution in [1.82, 2.24) is 14.8 Å². The second kappa shape index (κ2) is 5.83. The molecule has 4 rings (SSSR count). The number of hydrogen-bond acceptors (Lipinski definition) is 3. The topological polar surface area (TPSA) is 79.9 Å². The number of fused-ring (bicyclic) bond motifs is 1. The number of methoxy groups -OCH3 is 1. The Bertz CT molecular complexity index is 1150. The lowest BCUT2D eigenvalue weighted by molar-refractivity contribution is 0.415. The Morgan fingerprint density at radius 3 is 2.36 bits per heavy atom. The molecule has 2 N–H and O–H groups in total. The van der Waals surface area contributed by atoms with E-state index in [0.717, 1.165) is 11.3 Å². The van der Waals surface area contributed by atoms with Crippen LogP contribution in [0.5, 0.6) is 5.75 Å². The number of H-pyrrole nitrogens is 2. The van der Waals surface area contributed by atoms with Crippen molar-refractivity contribution in [1.29, 1.82) is 0 Å². The van der Waals surface area contributed by atoms with Gasteiger partial charge in [-0.2, -0.15) is 0 Å². The van der Waals surface area contributed by atoms with E-state index in [1.165, 1.54) is 10.7 Å². The van der Waals surface area contributed by atoms with Crippen LogP contribution in [0.15, 0.2) is 70.3 Å². The summed E-state index contributed by atoms with van der Waals surface area (Å²) >= 11 is 0. The van der Waals surface area contributed by atoms with E-state index in [0.29, 0.717) is 17.0 Å². The molecule has 124 valence electrons. The zero-order valence-corrected chi connectivity index (χ0v) is 13.4. The van der Waals surface area contributed by atoms with Crippen molar-refractivity contribution in [2.45, 2.75) is 0 Å². The number of aromatic amines is 2. The lowest BCUT2D eigenvalue weighted by Crippen LogP contribution is -2.18. The third-order valence-electron chi connectivity index (χ3n) is 4.09. The van der Waals surface area contributed by atoms with Gasteiger partial charge in [-0.15, -0.1) is 0 Å². The fourth-order valence-corrected chi connectivity index (χ4v) is 2.82. The van der Waals surface area contributed by atoms with Gasteiger partial charge in [0.2, 0.25) is 0 Å². The number of nitrogens with one attached hydrogen (secondary N) is 2. The maximum Gasteiger partial charge on any atom is 0.284 e. The minimum absolute atomic E-state index is 0.112. The maximum absolute atomic E-state index is 12.6. The van der Waals surface area contributed by atoms with Crippen LogP contribution in [0.25, 0.3) is 28.0 Å². The maximum atomic E-state index is 12.6. The Kier molecular flexibility index (Phi) is 3.50. The average Bonchev–Trinajstić information content (AvgIpc) is 2.99. The Hall–Kier alpha value is -3.54. The highest BCUT2D eigenvalue weighted by atomic mass is 16.5. The number of nitrogens with zero attached hydrogens (tertiary/aromatic N) is 1. The van der Waals surface area contributed by atoms with Crippen molar-refractivity contribution >= 4 is 11.0 Å². The normalized spacial score (nSPS) is 10.9. The highest BCUT2D eigenvalue weighted by Crippen LogP contribution is 2.20. The molecule has 0 aliphatic carbocycles. The predicted octanol–water partition coefficient (Wildman–Crippen LogP) is 2.68. The van der Waals surface area contributed by atoms with Crippen LogP contribution in [0.3, 0.4) is 0 Å². The highest BCUT2D eigenvalue weighted by Gasteiger charge is 2.13. The molecule has 25 heavy (non-hydrogen) atoms. The van der Waals surface area contributed by atoms with Gasteiger partial charge in [0, 0.05) is 6.07 Å². The molecular weight excluding hydrogens is 318 g/mol. The van der Waals surface area contributed by atoms with E-state index in [4.69, 9.17) is 4.74 Å². The summed E-state index contributed by atoms with van der Waals surface area (Å²) in [6, 6.07) is 17.9. The molecular formula is C19H15N3O3. The van der Waals surface area contributed by atoms with E-state index in [-0.39, 0.29) is 16.4 Å². The van der Waals surface area contributed by atoms with Crippen LogP contribution in [0.2, 0.25) is 0 Å². The molecule has 0 bridgehead atoms. The van der Waals surface area contributed by atoms with Crippen LogP contribution >= 0.6 is 0 Å². The van der Waals surface area contributed by atoms with Gasteiger partial charge in [0.15, 0.2) is 5.43 Å². The lowest BCUT2D eigenvalue weighted by Gasteiger charge is -2.04. The van der Waals surface area contributed by atoms with Crippen LogP contribution in [0.1, 0.15) is 0 Å². The number of benzene rings is 2.